The number of allylic oxidation sites excluding steroid dienone is 6. The van der Waals surface area contributed by atoms with E-state index in [1.54, 1.807) is 19.1 Å². The molecule has 1 heterocycles. The van der Waals surface area contributed by atoms with Crippen LogP contribution in [0.15, 0.2) is 70.8 Å². The molecule has 0 spiro atoms. The molecule has 10 heteroatoms. The Labute approximate surface area is 233 Å². The van der Waals surface area contributed by atoms with E-state index in [4.69, 9.17) is 4.74 Å². The molecule has 2 amide bonds. The Bertz CT molecular complexity index is 1690. The third-order valence-corrected chi connectivity index (χ3v) is 8.58. The Hall–Kier alpha value is -4.99. The van der Waals surface area contributed by atoms with Crippen molar-refractivity contribution in [1.82, 2.24) is 0 Å². The lowest BCUT2D eigenvalue weighted by molar-refractivity contribution is -0.123. The van der Waals surface area contributed by atoms with Crippen LogP contribution in [0.1, 0.15) is 41.6 Å². The van der Waals surface area contributed by atoms with Gasteiger partial charge in [0.2, 0.25) is 11.8 Å². The average molecular weight is 556 g/mol. The van der Waals surface area contributed by atoms with Gasteiger partial charge < -0.3 is 20.1 Å². The second-order valence-corrected chi connectivity index (χ2v) is 10.7. The fourth-order valence-corrected chi connectivity index (χ4v) is 6.70. The molecule has 2 aromatic rings. The minimum Gasteiger partial charge on any atom is -0.508 e. The number of ether oxygens (including phenoxy) is 1. The molecule has 1 aliphatic heterocycles. The predicted octanol–water partition coefficient (Wildman–Crippen LogP) is 3.44. The van der Waals surface area contributed by atoms with Crippen LogP contribution >= 0.6 is 0 Å². The van der Waals surface area contributed by atoms with Gasteiger partial charge in [0.15, 0.2) is 11.6 Å². The van der Waals surface area contributed by atoms with E-state index in [-0.39, 0.29) is 58.1 Å². The Morgan fingerprint density at radius 2 is 1.73 bits per heavy atom. The standard InChI is InChI=1S/C31H25NO9/c1-13-9-23(34)21-12-19-16(25(27(21)28(13)36)20-11-15(41-2)4-8-22(20)33)6-7-18-26(19)30(38)32(29(18)37)14-3-5-17(31(39)40)24(35)10-14/h3-6,8-11,18-19,25-26,33,35H,7,12H2,1-2H3,(H,39,40)/t18-,19+,25+,26-/m0/s1. The van der Waals surface area contributed by atoms with Gasteiger partial charge in [0.25, 0.3) is 0 Å². The third-order valence-electron chi connectivity index (χ3n) is 8.58. The molecule has 0 bridgehead atoms. The quantitative estimate of drug-likeness (QED) is 0.292. The summed E-state index contributed by atoms with van der Waals surface area (Å²) in [7, 11) is 1.47. The van der Waals surface area contributed by atoms with Gasteiger partial charge in [0, 0.05) is 34.3 Å². The van der Waals surface area contributed by atoms with E-state index in [9.17, 15) is 39.3 Å². The van der Waals surface area contributed by atoms with Gasteiger partial charge in [-0.3, -0.25) is 19.2 Å². The maximum atomic E-state index is 13.9. The Kier molecular flexibility index (Phi) is 5.95. The molecule has 6 rings (SSSR count). The summed E-state index contributed by atoms with van der Waals surface area (Å²) in [6.45, 7) is 1.56. The SMILES string of the molecule is COc1ccc(O)c([C@H]2C3=CC[C@@H]4C(=O)N(c5ccc(C(=O)O)c(O)c5)C(=O)[C@@H]4[C@@H]3CC3=C2C(=O)C(C)=CC3=O)c1. The van der Waals surface area contributed by atoms with Crippen molar-refractivity contribution in [2.45, 2.75) is 25.7 Å². The maximum absolute atomic E-state index is 13.9. The minimum absolute atomic E-state index is 0.0404. The van der Waals surface area contributed by atoms with E-state index in [0.29, 0.717) is 16.9 Å². The summed E-state index contributed by atoms with van der Waals surface area (Å²) in [5, 5.41) is 30.4. The Morgan fingerprint density at radius 3 is 2.41 bits per heavy atom. The van der Waals surface area contributed by atoms with Crippen LogP contribution in [0.3, 0.4) is 0 Å². The molecule has 3 N–H and O–H groups in total. The number of anilines is 1. The zero-order chi connectivity index (χ0) is 29.3. The molecule has 2 aromatic carbocycles. The number of imide groups is 1. The van der Waals surface area contributed by atoms with E-state index < -0.39 is 47.2 Å². The van der Waals surface area contributed by atoms with Gasteiger partial charge in [-0.25, -0.2) is 9.69 Å². The predicted molar refractivity (Wildman–Crippen MR) is 144 cm³/mol. The second kappa shape index (κ2) is 9.29. The molecule has 0 radical (unpaired) electrons. The lowest BCUT2D eigenvalue weighted by atomic mass is 9.59. The number of carboxylic acid groups (broad SMARTS) is 1. The summed E-state index contributed by atoms with van der Waals surface area (Å²) >= 11 is 0. The van der Waals surface area contributed by atoms with E-state index >= 15 is 0 Å². The molecular formula is C31H25NO9. The van der Waals surface area contributed by atoms with Gasteiger partial charge in [-0.2, -0.15) is 0 Å². The van der Waals surface area contributed by atoms with Crippen molar-refractivity contribution >= 4 is 35.0 Å². The first kappa shape index (κ1) is 26.2. The van der Waals surface area contributed by atoms with Crippen LogP contribution in [-0.2, 0) is 19.2 Å². The largest absolute Gasteiger partial charge is 0.508 e. The van der Waals surface area contributed by atoms with E-state index in [1.165, 1.54) is 25.3 Å². The summed E-state index contributed by atoms with van der Waals surface area (Å²) in [4.78, 5) is 66.6. The fourth-order valence-electron chi connectivity index (χ4n) is 6.70. The van der Waals surface area contributed by atoms with Crippen molar-refractivity contribution in [2.24, 2.45) is 17.8 Å². The molecule has 10 nitrogen and oxygen atoms in total. The maximum Gasteiger partial charge on any atom is 0.339 e. The van der Waals surface area contributed by atoms with Gasteiger partial charge in [-0.05, 0) is 62.1 Å². The number of aromatic hydroxyl groups is 2. The molecule has 0 saturated carbocycles. The molecule has 1 saturated heterocycles. The van der Waals surface area contributed by atoms with Crippen LogP contribution in [0.2, 0.25) is 0 Å². The van der Waals surface area contributed by atoms with Gasteiger partial charge in [-0.15, -0.1) is 0 Å². The summed E-state index contributed by atoms with van der Waals surface area (Å²) in [6.07, 6.45) is 3.34. The van der Waals surface area contributed by atoms with Crippen molar-refractivity contribution in [3.8, 4) is 17.2 Å². The van der Waals surface area contributed by atoms with Crippen molar-refractivity contribution in [3.63, 3.8) is 0 Å². The lowest BCUT2D eigenvalue weighted by Gasteiger charge is -2.42. The first-order valence-corrected chi connectivity index (χ1v) is 13.0. The van der Waals surface area contributed by atoms with Crippen LogP contribution in [0.5, 0.6) is 17.2 Å². The second-order valence-electron chi connectivity index (χ2n) is 10.7. The van der Waals surface area contributed by atoms with Crippen molar-refractivity contribution < 1.29 is 44.0 Å². The average Bonchev–Trinajstić information content (AvgIpc) is 3.20. The molecule has 0 unspecified atom stereocenters. The number of phenols is 2. The number of fused-ring (bicyclic) bond motifs is 3. The number of amides is 2. The van der Waals surface area contributed by atoms with Crippen LogP contribution in [0.4, 0.5) is 5.69 Å². The zero-order valence-corrected chi connectivity index (χ0v) is 22.1. The number of Topliss-reactive ketones (excluding diaryl/α,β-unsaturated/α-hetero) is 1. The highest BCUT2D eigenvalue weighted by molar-refractivity contribution is 6.25. The van der Waals surface area contributed by atoms with Crippen molar-refractivity contribution in [3.05, 3.63) is 82.0 Å². The molecule has 1 fully saturated rings. The third kappa shape index (κ3) is 3.81. The number of aromatic carboxylic acids is 1. The molecule has 0 aromatic heterocycles. The number of nitrogens with zero attached hydrogens (tertiary/aromatic N) is 1. The number of benzene rings is 2. The molecule has 41 heavy (non-hydrogen) atoms. The van der Waals surface area contributed by atoms with E-state index in [2.05, 4.69) is 0 Å². The first-order valence-electron chi connectivity index (χ1n) is 13.0. The smallest absolute Gasteiger partial charge is 0.339 e. The minimum atomic E-state index is -1.36. The summed E-state index contributed by atoms with van der Waals surface area (Å²) in [5.74, 6) is -6.43. The van der Waals surface area contributed by atoms with Crippen LogP contribution < -0.4 is 9.64 Å². The Morgan fingerprint density at radius 1 is 0.976 bits per heavy atom. The van der Waals surface area contributed by atoms with Crippen LogP contribution in [0.25, 0.3) is 0 Å². The Balaban J connectivity index is 1.48. The van der Waals surface area contributed by atoms with E-state index in [0.717, 1.165) is 17.0 Å². The van der Waals surface area contributed by atoms with Gasteiger partial charge in [-0.1, -0.05) is 11.6 Å². The van der Waals surface area contributed by atoms with Gasteiger partial charge in [0.05, 0.1) is 24.6 Å². The summed E-state index contributed by atoms with van der Waals surface area (Å²) < 4.78 is 5.37. The number of carboxylic acids is 1. The van der Waals surface area contributed by atoms with Crippen molar-refractivity contribution in [1.29, 1.82) is 0 Å². The molecular weight excluding hydrogens is 530 g/mol. The number of methoxy groups -OCH3 is 1. The number of rotatable bonds is 4. The number of hydrogen-bond acceptors (Lipinski definition) is 8. The number of hydrogen-bond donors (Lipinski definition) is 3. The molecule has 3 aliphatic carbocycles. The summed E-state index contributed by atoms with van der Waals surface area (Å²) in [5.41, 5.74) is 1.46. The number of phenolic OH excluding ortho intramolecular Hbond substituents is 1. The normalized spacial score (nSPS) is 25.4. The molecule has 4 atom stereocenters. The highest BCUT2D eigenvalue weighted by Crippen LogP contribution is 2.56. The first-order chi connectivity index (χ1) is 19.5. The number of ketones is 2. The van der Waals surface area contributed by atoms with Gasteiger partial charge >= 0.3 is 5.97 Å². The number of carbonyl (C=O) groups is 5. The molecule has 208 valence electrons. The highest BCUT2D eigenvalue weighted by atomic mass is 16.5. The fraction of sp³-hybridized carbons (Fsp3) is 0.258. The topological polar surface area (TPSA) is 159 Å². The van der Waals surface area contributed by atoms with Gasteiger partial charge in [0.1, 0.15) is 22.8 Å². The van der Waals surface area contributed by atoms with Crippen LogP contribution in [-0.4, -0.2) is 51.8 Å². The zero-order valence-electron chi connectivity index (χ0n) is 22.1. The van der Waals surface area contributed by atoms with E-state index in [1.807, 2.05) is 6.08 Å². The highest BCUT2D eigenvalue weighted by Gasteiger charge is 2.57. The number of carbonyl (C=O) groups excluding carboxylic acids is 4. The summed E-state index contributed by atoms with van der Waals surface area (Å²) in [6, 6.07) is 8.11. The molecule has 4 aliphatic rings. The van der Waals surface area contributed by atoms with Crippen LogP contribution in [0, 0.1) is 17.8 Å². The van der Waals surface area contributed by atoms with Crippen molar-refractivity contribution in [2.75, 3.05) is 12.0 Å². The monoisotopic (exact) mass is 555 g/mol. The lowest BCUT2D eigenvalue weighted by Crippen LogP contribution is -2.39.